The molecule has 27 heavy (non-hydrogen) atoms. The molecular weight excluding hydrogens is 355 g/mol. The van der Waals surface area contributed by atoms with Crippen LogP contribution in [0, 0.1) is 27.7 Å². The minimum Gasteiger partial charge on any atom is -0.457 e. The molecule has 0 N–H and O–H groups in total. The normalized spacial score (nSPS) is 10.7. The van der Waals surface area contributed by atoms with E-state index in [1.165, 1.54) is 11.1 Å². The molecule has 3 rings (SSSR count). The van der Waals surface area contributed by atoms with E-state index in [0.717, 1.165) is 39.9 Å². The van der Waals surface area contributed by atoms with E-state index < -0.39 is 0 Å². The van der Waals surface area contributed by atoms with Gasteiger partial charge < -0.3 is 14.0 Å². The summed E-state index contributed by atoms with van der Waals surface area (Å²) >= 11 is 0. The van der Waals surface area contributed by atoms with Gasteiger partial charge in [0, 0.05) is 12.1 Å². The first kappa shape index (κ1) is 19.0. The van der Waals surface area contributed by atoms with Gasteiger partial charge in [-0.1, -0.05) is 6.07 Å². The lowest BCUT2D eigenvalue weighted by Crippen LogP contribution is -1.91. The second kappa shape index (κ2) is 8.28. The van der Waals surface area contributed by atoms with Gasteiger partial charge >= 0.3 is 0 Å². The zero-order valence-corrected chi connectivity index (χ0v) is 17.0. The Morgan fingerprint density at radius 2 is 0.852 bits per heavy atom. The molecule has 3 aromatic carbocycles. The van der Waals surface area contributed by atoms with Gasteiger partial charge in [-0.25, -0.2) is 0 Å². The summed E-state index contributed by atoms with van der Waals surface area (Å²) < 4.78 is 17.6. The van der Waals surface area contributed by atoms with Crippen molar-refractivity contribution in [1.82, 2.24) is 0 Å². The quantitative estimate of drug-likeness (QED) is 0.425. The van der Waals surface area contributed by atoms with Crippen LogP contribution in [0.25, 0.3) is 0 Å². The third-order valence-corrected chi connectivity index (χ3v) is 4.23. The predicted octanol–water partition coefficient (Wildman–Crippen LogP) is 7.18. The molecule has 138 valence electrons. The predicted molar refractivity (Wildman–Crippen MR) is 113 cm³/mol. The molecule has 0 aliphatic carbocycles. The summed E-state index contributed by atoms with van der Waals surface area (Å²) in [5.74, 6) is 3.75. The fourth-order valence-electron chi connectivity index (χ4n) is 3.00. The summed E-state index contributed by atoms with van der Waals surface area (Å²) in [7, 11) is 0.605. The van der Waals surface area contributed by atoms with Crippen molar-refractivity contribution in [2.24, 2.45) is 0 Å². The Morgan fingerprint density at radius 3 is 1.30 bits per heavy atom. The Hall–Kier alpha value is -2.77. The van der Waals surface area contributed by atoms with Crippen molar-refractivity contribution < 1.29 is 14.0 Å². The molecule has 0 saturated heterocycles. The monoisotopic (exact) mass is 378 g/mol. The van der Waals surface area contributed by atoms with E-state index in [1.54, 1.807) is 0 Å². The van der Waals surface area contributed by atoms with Crippen LogP contribution in [-0.2, 0) is 0 Å². The van der Waals surface area contributed by atoms with Crippen LogP contribution in [0.2, 0.25) is 0 Å². The first-order valence-electron chi connectivity index (χ1n) is 8.72. The van der Waals surface area contributed by atoms with Gasteiger partial charge in [0.25, 0.3) is 0 Å². The standard InChI is InChI=1S/C23H23O3P/c1-15-6-16(2)8-19(7-15)24-20-9-17(3)10-21(13-20)25-22-11-18(4)12-23(14-22)26-27-5/h6-14H,5H2,1-4H3. The zero-order valence-electron chi connectivity index (χ0n) is 16.1. The Kier molecular flexibility index (Phi) is 5.83. The molecule has 4 heteroatoms. The van der Waals surface area contributed by atoms with Gasteiger partial charge in [-0.05, 0) is 92.6 Å². The van der Waals surface area contributed by atoms with E-state index in [-0.39, 0.29) is 0 Å². The van der Waals surface area contributed by atoms with Gasteiger partial charge in [0.1, 0.15) is 37.2 Å². The maximum absolute atomic E-state index is 6.07. The van der Waals surface area contributed by atoms with Crippen LogP contribution in [0.4, 0.5) is 0 Å². The minimum atomic E-state index is 0.605. The molecular formula is C23H23O3P. The average molecular weight is 378 g/mol. The molecule has 0 unspecified atom stereocenters. The van der Waals surface area contributed by atoms with E-state index in [2.05, 4.69) is 26.2 Å². The largest absolute Gasteiger partial charge is 0.457 e. The van der Waals surface area contributed by atoms with E-state index in [0.29, 0.717) is 8.43 Å². The van der Waals surface area contributed by atoms with Crippen LogP contribution < -0.4 is 14.0 Å². The first-order chi connectivity index (χ1) is 12.9. The molecule has 0 aliphatic rings. The minimum absolute atomic E-state index is 0.605. The smallest absolute Gasteiger partial charge is 0.135 e. The topological polar surface area (TPSA) is 27.7 Å². The molecule has 0 spiro atoms. The lowest BCUT2D eigenvalue weighted by atomic mass is 10.1. The molecule has 0 atom stereocenters. The Bertz CT molecular complexity index is 959. The van der Waals surface area contributed by atoms with Gasteiger partial charge in [0.15, 0.2) is 0 Å². The van der Waals surface area contributed by atoms with Crippen molar-refractivity contribution in [3.63, 3.8) is 0 Å². The highest BCUT2D eigenvalue weighted by molar-refractivity contribution is 7.31. The van der Waals surface area contributed by atoms with E-state index >= 15 is 0 Å². The Balaban J connectivity index is 1.86. The van der Waals surface area contributed by atoms with Crippen LogP contribution in [0.3, 0.4) is 0 Å². The number of hydrogen-bond donors (Lipinski definition) is 0. The van der Waals surface area contributed by atoms with Crippen molar-refractivity contribution >= 4 is 14.7 Å². The maximum atomic E-state index is 6.07. The zero-order chi connectivity index (χ0) is 19.4. The highest BCUT2D eigenvalue weighted by Crippen LogP contribution is 2.33. The van der Waals surface area contributed by atoms with Gasteiger partial charge in [0.05, 0.1) is 0 Å². The summed E-state index contributed by atoms with van der Waals surface area (Å²) in [6.45, 7) is 8.15. The first-order valence-corrected chi connectivity index (χ1v) is 9.71. The lowest BCUT2D eigenvalue weighted by molar-refractivity contribution is 0.458. The second-order valence-electron chi connectivity index (χ2n) is 6.71. The molecule has 0 aliphatic heterocycles. The second-order valence-corrected chi connectivity index (χ2v) is 7.15. The number of hydrogen-bond acceptors (Lipinski definition) is 3. The number of rotatable bonds is 6. The molecule has 3 aromatic rings. The summed E-state index contributed by atoms with van der Waals surface area (Å²) in [5, 5.41) is 0. The number of ether oxygens (including phenoxy) is 2. The van der Waals surface area contributed by atoms with Crippen molar-refractivity contribution in [2.75, 3.05) is 0 Å². The third kappa shape index (κ3) is 5.35. The van der Waals surface area contributed by atoms with Crippen molar-refractivity contribution in [2.45, 2.75) is 27.7 Å². The van der Waals surface area contributed by atoms with Gasteiger partial charge in [-0.2, -0.15) is 0 Å². The van der Waals surface area contributed by atoms with Crippen molar-refractivity contribution in [3.05, 3.63) is 76.9 Å². The summed E-state index contributed by atoms with van der Waals surface area (Å²) in [5.41, 5.74) is 4.47. The van der Waals surface area contributed by atoms with E-state index in [9.17, 15) is 0 Å². The van der Waals surface area contributed by atoms with E-state index in [1.807, 2.05) is 62.4 Å². The summed E-state index contributed by atoms with van der Waals surface area (Å²) in [6.07, 6.45) is 3.69. The van der Waals surface area contributed by atoms with Gasteiger partial charge in [0.2, 0.25) is 0 Å². The van der Waals surface area contributed by atoms with Crippen LogP contribution in [0.5, 0.6) is 28.7 Å². The van der Waals surface area contributed by atoms with E-state index in [4.69, 9.17) is 14.0 Å². The highest BCUT2D eigenvalue weighted by Gasteiger charge is 2.07. The molecule has 3 nitrogen and oxygen atoms in total. The van der Waals surface area contributed by atoms with Crippen LogP contribution in [-0.4, -0.2) is 6.30 Å². The molecule has 0 amide bonds. The van der Waals surface area contributed by atoms with Crippen molar-refractivity contribution in [1.29, 1.82) is 0 Å². The SMILES string of the molecule is C=POc1cc(C)cc(Oc2cc(C)cc(Oc3cc(C)cc(C)c3)c2)c1. The van der Waals surface area contributed by atoms with Crippen LogP contribution >= 0.6 is 8.43 Å². The van der Waals surface area contributed by atoms with Gasteiger partial charge in [-0.3, -0.25) is 0 Å². The number of benzene rings is 3. The Morgan fingerprint density at radius 1 is 0.519 bits per heavy atom. The molecule has 0 fully saturated rings. The lowest BCUT2D eigenvalue weighted by Gasteiger charge is -2.12. The van der Waals surface area contributed by atoms with Crippen LogP contribution in [0.1, 0.15) is 22.3 Å². The average Bonchev–Trinajstić information content (AvgIpc) is 2.52. The molecule has 0 aromatic heterocycles. The Labute approximate surface area is 162 Å². The maximum Gasteiger partial charge on any atom is 0.135 e. The van der Waals surface area contributed by atoms with Crippen LogP contribution in [0.15, 0.2) is 54.6 Å². The third-order valence-electron chi connectivity index (χ3n) is 3.89. The summed E-state index contributed by atoms with van der Waals surface area (Å²) in [6, 6.07) is 17.8. The fraction of sp³-hybridized carbons (Fsp3) is 0.174. The molecule has 0 radical (unpaired) electrons. The number of aryl methyl sites for hydroxylation is 4. The van der Waals surface area contributed by atoms with Crippen molar-refractivity contribution in [3.8, 4) is 28.7 Å². The molecule has 0 bridgehead atoms. The molecule has 0 heterocycles. The highest BCUT2D eigenvalue weighted by atomic mass is 31.1. The van der Waals surface area contributed by atoms with Gasteiger partial charge in [-0.15, -0.1) is 0 Å². The summed E-state index contributed by atoms with van der Waals surface area (Å²) in [4.78, 5) is 0. The molecule has 0 saturated carbocycles. The fourth-order valence-corrected chi connectivity index (χ4v) is 3.25.